The number of carbonyl (C=O) groups excluding carboxylic acids is 1. The van der Waals surface area contributed by atoms with Gasteiger partial charge in [-0.1, -0.05) is 6.42 Å². The van der Waals surface area contributed by atoms with Crippen molar-refractivity contribution in [3.8, 4) is 0 Å². The highest BCUT2D eigenvalue weighted by Gasteiger charge is 2.15. The number of nitrogens with one attached hydrogen (secondary N) is 1. The number of nitrogens with zero attached hydrogens (tertiary/aromatic N) is 2. The van der Waals surface area contributed by atoms with Crippen LogP contribution in [0.4, 0.5) is 5.13 Å². The van der Waals surface area contributed by atoms with E-state index in [9.17, 15) is 4.79 Å². The molecule has 1 saturated heterocycles. The van der Waals surface area contributed by atoms with Crippen LogP contribution in [0.25, 0.3) is 0 Å². The maximum absolute atomic E-state index is 11.3. The van der Waals surface area contributed by atoms with Crippen LogP contribution in [0.15, 0.2) is 5.38 Å². The molecule has 1 aliphatic rings. The summed E-state index contributed by atoms with van der Waals surface area (Å²) in [7, 11) is 1.37. The molecule has 1 fully saturated rings. The molecule has 0 spiro atoms. The first kappa shape index (κ1) is 14.3. The first-order valence-corrected chi connectivity index (χ1v) is 7.59. The summed E-state index contributed by atoms with van der Waals surface area (Å²) in [4.78, 5) is 18.0. The average molecular weight is 283 g/mol. The standard InChI is InChI=1S/C13H21N3O2S/c1-10(8-16-6-4-3-5-7-16)14-13-15-11(9-19-13)12(17)18-2/h9-10H,3-8H2,1-2H3,(H,14,15). The maximum Gasteiger partial charge on any atom is 0.357 e. The zero-order valence-corrected chi connectivity index (χ0v) is 12.3. The minimum absolute atomic E-state index is 0.328. The minimum atomic E-state index is -0.381. The van der Waals surface area contributed by atoms with Crippen LogP contribution in [0.5, 0.6) is 0 Å². The predicted octanol–water partition coefficient (Wildman–Crippen LogP) is 2.22. The predicted molar refractivity (Wildman–Crippen MR) is 76.8 cm³/mol. The van der Waals surface area contributed by atoms with Gasteiger partial charge in [0.25, 0.3) is 0 Å². The Balaban J connectivity index is 1.82. The second-order valence-electron chi connectivity index (χ2n) is 4.94. The van der Waals surface area contributed by atoms with Crippen molar-refractivity contribution in [3.63, 3.8) is 0 Å². The molecular weight excluding hydrogens is 262 g/mol. The Kier molecular flexibility index (Phi) is 5.15. The maximum atomic E-state index is 11.3. The summed E-state index contributed by atoms with van der Waals surface area (Å²) in [6.45, 7) is 5.55. The summed E-state index contributed by atoms with van der Waals surface area (Å²) >= 11 is 1.44. The lowest BCUT2D eigenvalue weighted by molar-refractivity contribution is 0.0595. The number of piperidine rings is 1. The van der Waals surface area contributed by atoms with Gasteiger partial charge in [-0.3, -0.25) is 0 Å². The van der Waals surface area contributed by atoms with E-state index in [0.717, 1.165) is 11.7 Å². The number of methoxy groups -OCH3 is 1. The van der Waals surface area contributed by atoms with Gasteiger partial charge in [0.15, 0.2) is 10.8 Å². The summed E-state index contributed by atoms with van der Waals surface area (Å²) < 4.78 is 4.65. The van der Waals surface area contributed by atoms with Crippen molar-refractivity contribution in [3.05, 3.63) is 11.1 Å². The molecule has 1 atom stereocenters. The number of ether oxygens (including phenoxy) is 1. The van der Waals surface area contributed by atoms with E-state index in [1.165, 1.54) is 50.8 Å². The topological polar surface area (TPSA) is 54.5 Å². The number of hydrogen-bond acceptors (Lipinski definition) is 6. The molecule has 5 nitrogen and oxygen atoms in total. The van der Waals surface area contributed by atoms with E-state index in [4.69, 9.17) is 0 Å². The van der Waals surface area contributed by atoms with Gasteiger partial charge in [0.05, 0.1) is 7.11 Å². The van der Waals surface area contributed by atoms with Gasteiger partial charge < -0.3 is 15.0 Å². The fourth-order valence-corrected chi connectivity index (χ4v) is 3.12. The third-order valence-corrected chi connectivity index (χ3v) is 4.02. The van der Waals surface area contributed by atoms with Crippen molar-refractivity contribution >= 4 is 22.4 Å². The molecule has 0 bridgehead atoms. The molecule has 6 heteroatoms. The second kappa shape index (κ2) is 6.86. The minimum Gasteiger partial charge on any atom is -0.464 e. The summed E-state index contributed by atoms with van der Waals surface area (Å²) in [5, 5.41) is 5.85. The van der Waals surface area contributed by atoms with Gasteiger partial charge in [-0.05, 0) is 32.9 Å². The molecule has 1 N–H and O–H groups in total. The fourth-order valence-electron chi connectivity index (χ4n) is 2.32. The molecule has 1 aliphatic heterocycles. The van der Waals surface area contributed by atoms with E-state index in [1.54, 1.807) is 5.38 Å². The van der Waals surface area contributed by atoms with Gasteiger partial charge in [-0.25, -0.2) is 9.78 Å². The van der Waals surface area contributed by atoms with Gasteiger partial charge >= 0.3 is 5.97 Å². The first-order chi connectivity index (χ1) is 9.19. The average Bonchev–Trinajstić information content (AvgIpc) is 2.87. The molecule has 1 aromatic heterocycles. The van der Waals surface area contributed by atoms with Crippen molar-refractivity contribution < 1.29 is 9.53 Å². The Labute approximate surface area is 118 Å². The molecule has 0 aromatic carbocycles. The van der Waals surface area contributed by atoms with Crippen molar-refractivity contribution in [2.24, 2.45) is 0 Å². The van der Waals surface area contributed by atoms with Crippen LogP contribution in [-0.4, -0.2) is 48.6 Å². The van der Waals surface area contributed by atoms with Crippen molar-refractivity contribution in [2.75, 3.05) is 32.1 Å². The van der Waals surface area contributed by atoms with Gasteiger partial charge in [-0.15, -0.1) is 11.3 Å². The van der Waals surface area contributed by atoms with Crippen LogP contribution in [0, 0.1) is 0 Å². The zero-order valence-electron chi connectivity index (χ0n) is 11.5. The van der Waals surface area contributed by atoms with Crippen molar-refractivity contribution in [1.82, 2.24) is 9.88 Å². The normalized spacial score (nSPS) is 18.0. The largest absolute Gasteiger partial charge is 0.464 e. The Morgan fingerprint density at radius 2 is 2.26 bits per heavy atom. The summed E-state index contributed by atoms with van der Waals surface area (Å²) in [6.07, 6.45) is 3.96. The van der Waals surface area contributed by atoms with Gasteiger partial charge in [0.1, 0.15) is 0 Å². The smallest absolute Gasteiger partial charge is 0.357 e. The number of hydrogen-bond donors (Lipinski definition) is 1. The molecular formula is C13H21N3O2S. The zero-order chi connectivity index (χ0) is 13.7. The summed E-state index contributed by atoms with van der Waals surface area (Å²) in [5.41, 5.74) is 0.375. The first-order valence-electron chi connectivity index (χ1n) is 6.72. The van der Waals surface area contributed by atoms with Gasteiger partial charge in [0, 0.05) is 18.0 Å². The van der Waals surface area contributed by atoms with E-state index < -0.39 is 0 Å². The Morgan fingerprint density at radius 1 is 1.53 bits per heavy atom. The number of likely N-dealkylation sites (tertiary alicyclic amines) is 1. The third-order valence-electron chi connectivity index (χ3n) is 3.25. The molecule has 2 heterocycles. The number of esters is 1. The van der Waals surface area contributed by atoms with Crippen LogP contribution >= 0.6 is 11.3 Å². The van der Waals surface area contributed by atoms with E-state index >= 15 is 0 Å². The number of aromatic nitrogens is 1. The van der Waals surface area contributed by atoms with Crippen LogP contribution in [-0.2, 0) is 4.74 Å². The lowest BCUT2D eigenvalue weighted by Gasteiger charge is -2.29. The lowest BCUT2D eigenvalue weighted by Crippen LogP contribution is -2.38. The molecule has 2 rings (SSSR count). The van der Waals surface area contributed by atoms with E-state index in [2.05, 4.69) is 26.9 Å². The monoisotopic (exact) mass is 283 g/mol. The number of rotatable bonds is 5. The van der Waals surface area contributed by atoms with Crippen LogP contribution in [0.3, 0.4) is 0 Å². The summed E-state index contributed by atoms with van der Waals surface area (Å²) in [6, 6.07) is 0.328. The Morgan fingerprint density at radius 3 is 2.95 bits per heavy atom. The van der Waals surface area contributed by atoms with Gasteiger partial charge in [-0.2, -0.15) is 0 Å². The van der Waals surface area contributed by atoms with Crippen molar-refractivity contribution in [2.45, 2.75) is 32.2 Å². The second-order valence-corrected chi connectivity index (χ2v) is 5.79. The SMILES string of the molecule is COC(=O)c1csc(NC(C)CN2CCCCC2)n1. The molecule has 0 amide bonds. The molecule has 106 valence electrons. The third kappa shape index (κ3) is 4.18. The molecule has 19 heavy (non-hydrogen) atoms. The highest BCUT2D eigenvalue weighted by atomic mass is 32.1. The van der Waals surface area contributed by atoms with E-state index in [1.807, 2.05) is 0 Å². The molecule has 1 unspecified atom stereocenters. The Bertz CT molecular complexity index is 416. The van der Waals surface area contributed by atoms with Gasteiger partial charge in [0.2, 0.25) is 0 Å². The quantitative estimate of drug-likeness (QED) is 0.840. The highest BCUT2D eigenvalue weighted by molar-refractivity contribution is 7.13. The molecule has 0 aliphatic carbocycles. The lowest BCUT2D eigenvalue weighted by atomic mass is 10.1. The molecule has 0 saturated carbocycles. The van der Waals surface area contributed by atoms with E-state index in [0.29, 0.717) is 11.7 Å². The highest BCUT2D eigenvalue weighted by Crippen LogP contribution is 2.17. The number of anilines is 1. The number of thiazole rings is 1. The van der Waals surface area contributed by atoms with Crippen LogP contribution in [0.1, 0.15) is 36.7 Å². The van der Waals surface area contributed by atoms with Crippen molar-refractivity contribution in [1.29, 1.82) is 0 Å². The molecule has 1 aromatic rings. The van der Waals surface area contributed by atoms with Crippen LogP contribution in [0.2, 0.25) is 0 Å². The number of carbonyl (C=O) groups is 1. The molecule has 0 radical (unpaired) electrons. The Hall–Kier alpha value is -1.14. The summed E-state index contributed by atoms with van der Waals surface area (Å²) in [5.74, 6) is -0.381. The van der Waals surface area contributed by atoms with E-state index in [-0.39, 0.29) is 5.97 Å². The fraction of sp³-hybridized carbons (Fsp3) is 0.692. The van der Waals surface area contributed by atoms with Crippen LogP contribution < -0.4 is 5.32 Å².